The van der Waals surface area contributed by atoms with Crippen LogP contribution in [0.3, 0.4) is 0 Å². The molecule has 0 aliphatic heterocycles. The lowest BCUT2D eigenvalue weighted by atomic mass is 10.0. The quantitative estimate of drug-likeness (QED) is 0.480. The Morgan fingerprint density at radius 1 is 0.818 bits per heavy atom. The molecule has 0 aliphatic rings. The third-order valence-electron chi connectivity index (χ3n) is 5.73. The number of nitrogens with one attached hydrogen (secondary N) is 1. The van der Waals surface area contributed by atoms with E-state index in [2.05, 4.69) is 11.4 Å². The lowest BCUT2D eigenvalue weighted by Gasteiger charge is -2.32. The molecule has 0 spiro atoms. The number of aryl methyl sites for hydroxylation is 2. The zero-order valence-electron chi connectivity index (χ0n) is 19.9. The summed E-state index contributed by atoms with van der Waals surface area (Å²) in [5, 5.41) is 3.02. The first-order valence-corrected chi connectivity index (χ1v) is 11.7. The molecule has 1 N–H and O–H groups in total. The topological polar surface area (TPSA) is 49.4 Å². The van der Waals surface area contributed by atoms with Crippen LogP contribution in [-0.2, 0) is 29.0 Å². The van der Waals surface area contributed by atoms with Crippen molar-refractivity contribution < 1.29 is 9.59 Å². The molecule has 4 heteroatoms. The fourth-order valence-corrected chi connectivity index (χ4v) is 3.91. The fraction of sp³-hybridized carbons (Fsp3) is 0.310. The SMILES string of the molecule is CCCNC(=O)C(Cc1ccccc1)N(Cc1cccc(C)c1)C(=O)Cc1ccc(C)cc1. The number of hydrogen-bond acceptors (Lipinski definition) is 2. The van der Waals surface area contributed by atoms with Crippen LogP contribution >= 0.6 is 0 Å². The van der Waals surface area contributed by atoms with Crippen molar-refractivity contribution in [2.24, 2.45) is 0 Å². The number of hydrogen-bond donors (Lipinski definition) is 1. The summed E-state index contributed by atoms with van der Waals surface area (Å²) in [5.41, 5.74) is 5.30. The molecular formula is C29H34N2O2. The van der Waals surface area contributed by atoms with Crippen molar-refractivity contribution in [3.8, 4) is 0 Å². The highest BCUT2D eigenvalue weighted by Gasteiger charge is 2.30. The Kier molecular flexibility index (Phi) is 8.82. The lowest BCUT2D eigenvalue weighted by Crippen LogP contribution is -2.51. The van der Waals surface area contributed by atoms with Crippen LogP contribution in [0.2, 0.25) is 0 Å². The van der Waals surface area contributed by atoms with Crippen LogP contribution in [0.1, 0.15) is 41.2 Å². The molecule has 4 nitrogen and oxygen atoms in total. The second kappa shape index (κ2) is 12.0. The van der Waals surface area contributed by atoms with Crippen molar-refractivity contribution in [3.05, 3.63) is 107 Å². The average Bonchev–Trinajstić information content (AvgIpc) is 2.82. The predicted octanol–water partition coefficient (Wildman–Crippen LogP) is 5.01. The molecule has 3 rings (SSSR count). The van der Waals surface area contributed by atoms with Crippen LogP contribution in [0, 0.1) is 13.8 Å². The van der Waals surface area contributed by atoms with Crippen molar-refractivity contribution in [3.63, 3.8) is 0 Å². The molecule has 0 fully saturated rings. The van der Waals surface area contributed by atoms with Gasteiger partial charge >= 0.3 is 0 Å². The molecule has 3 aromatic carbocycles. The fourth-order valence-electron chi connectivity index (χ4n) is 3.91. The smallest absolute Gasteiger partial charge is 0.243 e. The van der Waals surface area contributed by atoms with E-state index < -0.39 is 6.04 Å². The largest absolute Gasteiger partial charge is 0.354 e. The van der Waals surface area contributed by atoms with Crippen LogP contribution < -0.4 is 5.32 Å². The number of carbonyl (C=O) groups excluding carboxylic acids is 2. The Bertz CT molecular complexity index is 1040. The number of carbonyl (C=O) groups is 2. The van der Waals surface area contributed by atoms with Crippen LogP contribution in [-0.4, -0.2) is 29.3 Å². The van der Waals surface area contributed by atoms with E-state index in [0.29, 0.717) is 19.5 Å². The maximum absolute atomic E-state index is 13.6. The minimum absolute atomic E-state index is 0.0482. The summed E-state index contributed by atoms with van der Waals surface area (Å²) in [4.78, 5) is 28.7. The van der Waals surface area contributed by atoms with Crippen molar-refractivity contribution in [1.82, 2.24) is 10.2 Å². The van der Waals surface area contributed by atoms with Gasteiger partial charge < -0.3 is 10.2 Å². The Morgan fingerprint density at radius 3 is 2.18 bits per heavy atom. The highest BCUT2D eigenvalue weighted by atomic mass is 16.2. The molecular weight excluding hydrogens is 408 g/mol. The molecule has 0 saturated heterocycles. The number of rotatable bonds is 10. The Morgan fingerprint density at radius 2 is 1.52 bits per heavy atom. The highest BCUT2D eigenvalue weighted by Crippen LogP contribution is 2.17. The van der Waals surface area contributed by atoms with Gasteiger partial charge in [0.25, 0.3) is 0 Å². The van der Waals surface area contributed by atoms with Crippen LogP contribution in [0.15, 0.2) is 78.9 Å². The predicted molar refractivity (Wildman–Crippen MR) is 134 cm³/mol. The van der Waals surface area contributed by atoms with Crippen LogP contribution in [0.4, 0.5) is 0 Å². The van der Waals surface area contributed by atoms with Gasteiger partial charge in [-0.3, -0.25) is 9.59 Å². The van der Waals surface area contributed by atoms with Gasteiger partial charge in [-0.15, -0.1) is 0 Å². The maximum atomic E-state index is 13.6. The van der Waals surface area contributed by atoms with Crippen LogP contribution in [0.5, 0.6) is 0 Å². The summed E-state index contributed by atoms with van der Waals surface area (Å²) in [6.07, 6.45) is 1.58. The van der Waals surface area contributed by atoms with Crippen molar-refractivity contribution >= 4 is 11.8 Å². The van der Waals surface area contributed by atoms with E-state index in [4.69, 9.17) is 0 Å². The first-order valence-electron chi connectivity index (χ1n) is 11.7. The third-order valence-corrected chi connectivity index (χ3v) is 5.73. The zero-order chi connectivity index (χ0) is 23.6. The van der Waals surface area contributed by atoms with E-state index in [1.807, 2.05) is 93.6 Å². The first kappa shape index (κ1) is 24.2. The summed E-state index contributed by atoms with van der Waals surface area (Å²) in [6.45, 7) is 7.08. The first-order chi connectivity index (χ1) is 16.0. The van der Waals surface area contributed by atoms with Gasteiger partial charge in [-0.05, 0) is 37.0 Å². The molecule has 0 radical (unpaired) electrons. The monoisotopic (exact) mass is 442 g/mol. The number of nitrogens with zero attached hydrogens (tertiary/aromatic N) is 1. The van der Waals surface area contributed by atoms with Gasteiger partial charge in [-0.1, -0.05) is 96.9 Å². The molecule has 3 aromatic rings. The second-order valence-corrected chi connectivity index (χ2v) is 8.67. The summed E-state index contributed by atoms with van der Waals surface area (Å²) < 4.78 is 0. The standard InChI is InChI=1S/C29H34N2O2/c1-4-17-30-29(33)27(19-24-10-6-5-7-11-24)31(21-26-12-8-9-23(3)18-26)28(32)20-25-15-13-22(2)14-16-25/h5-16,18,27H,4,17,19-21H2,1-3H3,(H,30,33). The molecule has 33 heavy (non-hydrogen) atoms. The Labute approximate surface area is 197 Å². The van der Waals surface area contributed by atoms with Gasteiger partial charge in [0, 0.05) is 19.5 Å². The van der Waals surface area contributed by atoms with Crippen molar-refractivity contribution in [1.29, 1.82) is 0 Å². The number of amides is 2. The van der Waals surface area contributed by atoms with Gasteiger partial charge in [-0.25, -0.2) is 0 Å². The van der Waals surface area contributed by atoms with Gasteiger partial charge in [0.2, 0.25) is 11.8 Å². The summed E-state index contributed by atoms with van der Waals surface area (Å²) >= 11 is 0. The van der Waals surface area contributed by atoms with E-state index in [1.54, 1.807) is 4.90 Å². The molecule has 0 aromatic heterocycles. The van der Waals surface area contributed by atoms with E-state index in [1.165, 1.54) is 0 Å². The number of benzene rings is 3. The third kappa shape index (κ3) is 7.31. The molecule has 172 valence electrons. The Hall–Kier alpha value is -3.40. The molecule has 0 aliphatic carbocycles. The maximum Gasteiger partial charge on any atom is 0.243 e. The normalized spacial score (nSPS) is 11.6. The minimum Gasteiger partial charge on any atom is -0.354 e. The van der Waals surface area contributed by atoms with Gasteiger partial charge in [0.05, 0.1) is 6.42 Å². The van der Waals surface area contributed by atoms with Crippen LogP contribution in [0.25, 0.3) is 0 Å². The lowest BCUT2D eigenvalue weighted by molar-refractivity contribution is -0.140. The van der Waals surface area contributed by atoms with Gasteiger partial charge in [0.15, 0.2) is 0 Å². The van der Waals surface area contributed by atoms with Gasteiger partial charge in [0.1, 0.15) is 6.04 Å². The average molecular weight is 443 g/mol. The minimum atomic E-state index is -0.586. The van der Waals surface area contributed by atoms with Crippen molar-refractivity contribution in [2.45, 2.75) is 52.6 Å². The summed E-state index contributed by atoms with van der Waals surface area (Å²) in [5.74, 6) is -0.154. The second-order valence-electron chi connectivity index (χ2n) is 8.67. The van der Waals surface area contributed by atoms with E-state index in [0.717, 1.165) is 34.2 Å². The Balaban J connectivity index is 1.94. The molecule has 0 bridgehead atoms. The van der Waals surface area contributed by atoms with Crippen molar-refractivity contribution in [2.75, 3.05) is 6.54 Å². The highest BCUT2D eigenvalue weighted by molar-refractivity contribution is 5.88. The molecule has 0 heterocycles. The van der Waals surface area contributed by atoms with Gasteiger partial charge in [-0.2, -0.15) is 0 Å². The molecule has 2 amide bonds. The molecule has 1 unspecified atom stereocenters. The summed E-state index contributed by atoms with van der Waals surface area (Å²) in [7, 11) is 0. The van der Waals surface area contributed by atoms with E-state index >= 15 is 0 Å². The zero-order valence-corrected chi connectivity index (χ0v) is 19.9. The van der Waals surface area contributed by atoms with E-state index in [-0.39, 0.29) is 18.2 Å². The van der Waals surface area contributed by atoms with E-state index in [9.17, 15) is 9.59 Å². The summed E-state index contributed by atoms with van der Waals surface area (Å²) in [6, 6.07) is 25.5. The molecule has 1 atom stereocenters. The molecule has 0 saturated carbocycles.